The SMILES string of the molecule is CSNc1ccc(C2CCNCC2)cc1.Cc1ccc(C(O)(O)N2CCCC2=O)c(F)c1. The highest BCUT2D eigenvalue weighted by atomic mass is 32.2. The topological polar surface area (TPSA) is 84.8 Å². The molecular formula is C24H32FN3O3S. The molecule has 0 aromatic heterocycles. The number of nitrogens with one attached hydrogen (secondary N) is 2. The van der Waals surface area contributed by atoms with E-state index in [1.165, 1.54) is 36.2 Å². The molecule has 4 N–H and O–H groups in total. The first kappa shape index (κ1) is 24.5. The zero-order chi connectivity index (χ0) is 23.1. The molecule has 2 fully saturated rings. The summed E-state index contributed by atoms with van der Waals surface area (Å²) < 4.78 is 16.9. The summed E-state index contributed by atoms with van der Waals surface area (Å²) in [5.74, 6) is -2.91. The van der Waals surface area contributed by atoms with Gasteiger partial charge in [-0.3, -0.25) is 9.69 Å². The van der Waals surface area contributed by atoms with Gasteiger partial charge in [-0.1, -0.05) is 30.1 Å². The van der Waals surface area contributed by atoms with Crippen molar-refractivity contribution in [1.29, 1.82) is 0 Å². The molecule has 0 bridgehead atoms. The van der Waals surface area contributed by atoms with Gasteiger partial charge in [0.25, 0.3) is 5.91 Å². The Hall–Kier alpha value is -2.13. The summed E-state index contributed by atoms with van der Waals surface area (Å²) in [4.78, 5) is 12.3. The number of benzene rings is 2. The lowest BCUT2D eigenvalue weighted by Crippen LogP contribution is -2.47. The first-order chi connectivity index (χ1) is 15.3. The lowest BCUT2D eigenvalue weighted by molar-refractivity contribution is -0.263. The lowest BCUT2D eigenvalue weighted by Gasteiger charge is -2.32. The van der Waals surface area contributed by atoms with Crippen LogP contribution in [0.3, 0.4) is 0 Å². The van der Waals surface area contributed by atoms with Gasteiger partial charge in [-0.2, -0.15) is 0 Å². The highest BCUT2D eigenvalue weighted by Gasteiger charge is 2.41. The molecule has 2 saturated heterocycles. The average Bonchev–Trinajstić information content (AvgIpc) is 3.22. The second-order valence-corrected chi connectivity index (χ2v) is 8.83. The summed E-state index contributed by atoms with van der Waals surface area (Å²) in [7, 11) is 0. The third-order valence-corrected chi connectivity index (χ3v) is 6.32. The predicted octanol–water partition coefficient (Wildman–Crippen LogP) is 3.69. The van der Waals surface area contributed by atoms with Crippen molar-refractivity contribution in [2.75, 3.05) is 30.6 Å². The molecule has 2 aliphatic heterocycles. The van der Waals surface area contributed by atoms with E-state index in [9.17, 15) is 19.4 Å². The van der Waals surface area contributed by atoms with Crippen LogP contribution in [0.5, 0.6) is 0 Å². The van der Waals surface area contributed by atoms with E-state index < -0.39 is 11.7 Å². The van der Waals surface area contributed by atoms with Crippen LogP contribution in [-0.4, -0.2) is 46.9 Å². The van der Waals surface area contributed by atoms with E-state index in [0.717, 1.165) is 23.9 Å². The molecule has 0 atom stereocenters. The minimum absolute atomic E-state index is 0.221. The van der Waals surface area contributed by atoms with Crippen LogP contribution in [0.15, 0.2) is 42.5 Å². The van der Waals surface area contributed by atoms with Crippen LogP contribution in [0.25, 0.3) is 0 Å². The maximum Gasteiger partial charge on any atom is 0.280 e. The Balaban J connectivity index is 0.000000182. The first-order valence-corrected chi connectivity index (χ1v) is 12.2. The first-order valence-electron chi connectivity index (χ1n) is 10.9. The summed E-state index contributed by atoms with van der Waals surface area (Å²) in [6.45, 7) is 4.24. The van der Waals surface area contributed by atoms with Crippen molar-refractivity contribution in [1.82, 2.24) is 10.2 Å². The van der Waals surface area contributed by atoms with Crippen molar-refractivity contribution in [3.63, 3.8) is 0 Å². The van der Waals surface area contributed by atoms with E-state index in [1.54, 1.807) is 24.9 Å². The Morgan fingerprint density at radius 2 is 1.84 bits per heavy atom. The van der Waals surface area contributed by atoms with Crippen LogP contribution in [0.1, 0.15) is 48.3 Å². The van der Waals surface area contributed by atoms with E-state index in [-0.39, 0.29) is 24.4 Å². The predicted molar refractivity (Wildman–Crippen MR) is 127 cm³/mol. The van der Waals surface area contributed by atoms with Crippen molar-refractivity contribution >= 4 is 23.5 Å². The molecule has 1 amide bonds. The number of hydrogen-bond donors (Lipinski definition) is 4. The number of likely N-dealkylation sites (tertiary alicyclic amines) is 1. The van der Waals surface area contributed by atoms with Crippen LogP contribution in [-0.2, 0) is 10.7 Å². The summed E-state index contributed by atoms with van der Waals surface area (Å²) in [5.41, 5.74) is 3.07. The minimum Gasteiger partial charge on any atom is -0.345 e. The van der Waals surface area contributed by atoms with Gasteiger partial charge in [-0.25, -0.2) is 4.39 Å². The zero-order valence-electron chi connectivity index (χ0n) is 18.6. The second kappa shape index (κ2) is 11.1. The van der Waals surface area contributed by atoms with E-state index in [1.807, 2.05) is 6.26 Å². The van der Waals surface area contributed by atoms with Gasteiger partial charge in [-0.05, 0) is 80.6 Å². The quantitative estimate of drug-likeness (QED) is 0.401. The van der Waals surface area contributed by atoms with Gasteiger partial charge in [0.1, 0.15) is 5.82 Å². The Morgan fingerprint density at radius 1 is 1.16 bits per heavy atom. The Kier molecular flexibility index (Phi) is 8.53. The molecule has 0 unspecified atom stereocenters. The lowest BCUT2D eigenvalue weighted by atomic mass is 9.90. The molecule has 2 heterocycles. The minimum atomic E-state index is -2.56. The van der Waals surface area contributed by atoms with Crippen LogP contribution >= 0.6 is 11.9 Å². The highest BCUT2D eigenvalue weighted by Crippen LogP contribution is 2.30. The van der Waals surface area contributed by atoms with Crippen LogP contribution in [0.4, 0.5) is 10.1 Å². The average molecular weight is 462 g/mol. The molecule has 0 saturated carbocycles. The number of carbonyl (C=O) groups is 1. The zero-order valence-corrected chi connectivity index (χ0v) is 19.4. The molecule has 0 spiro atoms. The maximum absolute atomic E-state index is 13.7. The van der Waals surface area contributed by atoms with Gasteiger partial charge < -0.3 is 20.3 Å². The number of aryl methyl sites for hydroxylation is 1. The maximum atomic E-state index is 13.7. The fraction of sp³-hybridized carbons (Fsp3) is 0.458. The van der Waals surface area contributed by atoms with Gasteiger partial charge in [0.15, 0.2) is 0 Å². The summed E-state index contributed by atoms with van der Waals surface area (Å²) in [5, 5.41) is 23.3. The normalized spacial score (nSPS) is 17.2. The molecule has 2 aliphatic rings. The molecular weight excluding hydrogens is 429 g/mol. The smallest absolute Gasteiger partial charge is 0.280 e. The van der Waals surface area contributed by atoms with E-state index >= 15 is 0 Å². The fourth-order valence-corrected chi connectivity index (χ4v) is 4.48. The third kappa shape index (κ3) is 6.01. The second-order valence-electron chi connectivity index (χ2n) is 8.22. The highest BCUT2D eigenvalue weighted by molar-refractivity contribution is 7.99. The molecule has 8 heteroatoms. The Morgan fingerprint density at radius 3 is 2.41 bits per heavy atom. The van der Waals surface area contributed by atoms with Crippen molar-refractivity contribution in [3.8, 4) is 0 Å². The monoisotopic (exact) mass is 461 g/mol. The summed E-state index contributed by atoms with van der Waals surface area (Å²) in [6, 6.07) is 12.9. The number of hydrogen-bond acceptors (Lipinski definition) is 6. The number of piperidine rings is 1. The molecule has 4 rings (SSSR count). The largest absolute Gasteiger partial charge is 0.345 e. The number of anilines is 1. The van der Waals surface area contributed by atoms with Crippen LogP contribution in [0.2, 0.25) is 0 Å². The number of amides is 1. The number of carbonyl (C=O) groups excluding carboxylic acids is 1. The van der Waals surface area contributed by atoms with Crippen molar-refractivity contribution in [2.24, 2.45) is 0 Å². The van der Waals surface area contributed by atoms with Crippen LogP contribution < -0.4 is 10.0 Å². The van der Waals surface area contributed by atoms with Crippen molar-refractivity contribution < 1.29 is 19.4 Å². The number of halogens is 1. The van der Waals surface area contributed by atoms with Crippen LogP contribution in [0, 0.1) is 12.7 Å². The summed E-state index contributed by atoms with van der Waals surface area (Å²) >= 11 is 1.64. The fourth-order valence-electron chi connectivity index (χ4n) is 4.11. The Bertz CT molecular complexity index is 902. The van der Waals surface area contributed by atoms with Crippen molar-refractivity contribution in [2.45, 2.75) is 44.4 Å². The number of rotatable bonds is 5. The molecule has 32 heavy (non-hydrogen) atoms. The molecule has 174 valence electrons. The molecule has 0 aliphatic carbocycles. The molecule has 2 aromatic carbocycles. The standard InChI is InChI=1S/C12H14FNO3.C12H18N2S/c1-8-4-5-9(10(13)7-8)12(16,17)14-6-2-3-11(14)15;1-15-14-12-4-2-10(3-5-12)11-6-8-13-9-7-11/h4-5,7,16-17H,2-3,6H2,1H3;2-5,11,13-14H,6-9H2,1H3. The van der Waals surface area contributed by atoms with E-state index in [0.29, 0.717) is 12.0 Å². The molecule has 6 nitrogen and oxygen atoms in total. The molecule has 2 aromatic rings. The third-order valence-electron chi connectivity index (χ3n) is 5.88. The van der Waals surface area contributed by atoms with Gasteiger partial charge in [0.05, 0.1) is 5.56 Å². The Labute approximate surface area is 193 Å². The van der Waals surface area contributed by atoms with Gasteiger partial charge >= 0.3 is 0 Å². The van der Waals surface area contributed by atoms with Gasteiger partial charge in [0, 0.05) is 24.9 Å². The van der Waals surface area contributed by atoms with Gasteiger partial charge in [0.2, 0.25) is 5.91 Å². The van der Waals surface area contributed by atoms with Crippen molar-refractivity contribution in [3.05, 3.63) is 65.0 Å². The molecule has 0 radical (unpaired) electrons. The number of aliphatic hydroxyl groups is 2. The van der Waals surface area contributed by atoms with E-state index in [2.05, 4.69) is 34.3 Å². The van der Waals surface area contributed by atoms with Gasteiger partial charge in [-0.15, -0.1) is 0 Å². The van der Waals surface area contributed by atoms with E-state index in [4.69, 9.17) is 0 Å². The number of nitrogens with zero attached hydrogens (tertiary/aromatic N) is 1. The summed E-state index contributed by atoms with van der Waals surface area (Å²) in [6.07, 6.45) is 5.40.